The van der Waals surface area contributed by atoms with Gasteiger partial charge in [-0.3, -0.25) is 9.78 Å². The lowest BCUT2D eigenvalue weighted by Gasteiger charge is -2.17. The van der Waals surface area contributed by atoms with Gasteiger partial charge >= 0.3 is 5.97 Å². The molecule has 2 N–H and O–H groups in total. The van der Waals surface area contributed by atoms with Gasteiger partial charge in [0.1, 0.15) is 11.9 Å². The zero-order valence-corrected chi connectivity index (χ0v) is 17.3. The molecule has 9 heteroatoms. The second-order valence-corrected chi connectivity index (χ2v) is 9.11. The highest BCUT2D eigenvalue weighted by Crippen LogP contribution is 2.18. The molecule has 0 saturated carbocycles. The van der Waals surface area contributed by atoms with Crippen LogP contribution < -0.4 is 4.72 Å². The summed E-state index contributed by atoms with van der Waals surface area (Å²) in [6.07, 6.45) is 3.65. The van der Waals surface area contributed by atoms with E-state index in [4.69, 9.17) is 0 Å². The number of pyridine rings is 1. The van der Waals surface area contributed by atoms with E-state index < -0.39 is 22.0 Å². The maximum absolute atomic E-state index is 12.6. The van der Waals surface area contributed by atoms with Crippen LogP contribution in [-0.4, -0.2) is 40.1 Å². The van der Waals surface area contributed by atoms with Gasteiger partial charge in [-0.25, -0.2) is 13.4 Å². The van der Waals surface area contributed by atoms with Crippen molar-refractivity contribution in [3.8, 4) is 0 Å². The Morgan fingerprint density at radius 2 is 1.90 bits per heavy atom. The standard InChI is InChI=1S/C20H24N4O4S/c1-13(2)10-18(20(25)26)23-29(27,28)16-6-4-15(5-7-16)12-24-14(3)22-17-8-9-21-11-19(17)24/h4-9,11,13,18,23H,10,12H2,1-3H3,(H,25,26)/t18-/m0/s1. The van der Waals surface area contributed by atoms with E-state index >= 15 is 0 Å². The van der Waals surface area contributed by atoms with Gasteiger partial charge in [0.25, 0.3) is 0 Å². The minimum atomic E-state index is -3.93. The van der Waals surface area contributed by atoms with Gasteiger partial charge in [0.15, 0.2) is 0 Å². The maximum atomic E-state index is 12.6. The van der Waals surface area contributed by atoms with Gasteiger partial charge in [-0.05, 0) is 43.0 Å². The summed E-state index contributed by atoms with van der Waals surface area (Å²) in [6, 6.07) is 7.09. The van der Waals surface area contributed by atoms with Crippen LogP contribution in [0.1, 0.15) is 31.7 Å². The lowest BCUT2D eigenvalue weighted by Crippen LogP contribution is -2.41. The van der Waals surface area contributed by atoms with Crippen LogP contribution in [0, 0.1) is 12.8 Å². The fourth-order valence-corrected chi connectivity index (χ4v) is 4.37. The number of nitrogens with one attached hydrogen (secondary N) is 1. The second-order valence-electron chi connectivity index (χ2n) is 7.40. The number of rotatable bonds is 8. The molecule has 2 heterocycles. The zero-order valence-electron chi connectivity index (χ0n) is 16.5. The number of sulfonamides is 1. The van der Waals surface area contributed by atoms with Crippen LogP contribution in [0.25, 0.3) is 11.0 Å². The SMILES string of the molecule is Cc1nc2ccncc2n1Cc1ccc(S(=O)(=O)N[C@@H](CC(C)C)C(=O)O)cc1. The predicted octanol–water partition coefficient (Wildman–Crippen LogP) is 2.57. The number of aryl methyl sites for hydroxylation is 1. The number of carbonyl (C=O) groups is 1. The van der Waals surface area contributed by atoms with E-state index in [2.05, 4.69) is 14.7 Å². The molecule has 3 aromatic rings. The lowest BCUT2D eigenvalue weighted by atomic mass is 10.1. The first-order valence-electron chi connectivity index (χ1n) is 9.28. The normalized spacial score (nSPS) is 13.1. The minimum Gasteiger partial charge on any atom is -0.480 e. The summed E-state index contributed by atoms with van der Waals surface area (Å²) in [5.41, 5.74) is 2.65. The molecule has 0 spiro atoms. The van der Waals surface area contributed by atoms with E-state index in [1.165, 1.54) is 12.1 Å². The van der Waals surface area contributed by atoms with Gasteiger partial charge in [0.2, 0.25) is 10.0 Å². The van der Waals surface area contributed by atoms with Crippen molar-refractivity contribution in [3.05, 3.63) is 54.1 Å². The van der Waals surface area contributed by atoms with Crippen LogP contribution in [0.15, 0.2) is 47.6 Å². The Bertz CT molecular complexity index is 1120. The van der Waals surface area contributed by atoms with Crippen molar-refractivity contribution in [2.75, 3.05) is 0 Å². The van der Waals surface area contributed by atoms with Crippen LogP contribution in [0.4, 0.5) is 0 Å². The topological polar surface area (TPSA) is 114 Å². The third-order valence-corrected chi connectivity index (χ3v) is 6.11. The molecule has 154 valence electrons. The highest BCUT2D eigenvalue weighted by Gasteiger charge is 2.26. The number of aromatic nitrogens is 3. The largest absolute Gasteiger partial charge is 0.480 e. The Morgan fingerprint density at radius 1 is 1.21 bits per heavy atom. The molecule has 0 fully saturated rings. The Morgan fingerprint density at radius 3 is 2.52 bits per heavy atom. The van der Waals surface area contributed by atoms with E-state index in [9.17, 15) is 18.3 Å². The number of fused-ring (bicyclic) bond motifs is 1. The number of carboxylic acids is 1. The third-order valence-electron chi connectivity index (χ3n) is 4.62. The maximum Gasteiger partial charge on any atom is 0.321 e. The molecule has 0 aliphatic rings. The molecular weight excluding hydrogens is 392 g/mol. The molecule has 0 bridgehead atoms. The van der Waals surface area contributed by atoms with Crippen LogP contribution >= 0.6 is 0 Å². The van der Waals surface area contributed by atoms with Gasteiger partial charge in [0, 0.05) is 12.7 Å². The van der Waals surface area contributed by atoms with E-state index in [-0.39, 0.29) is 17.2 Å². The number of hydrogen-bond acceptors (Lipinski definition) is 5. The summed E-state index contributed by atoms with van der Waals surface area (Å²) in [7, 11) is -3.93. The summed E-state index contributed by atoms with van der Waals surface area (Å²) >= 11 is 0. The first-order valence-corrected chi connectivity index (χ1v) is 10.8. The van der Waals surface area contributed by atoms with Crippen molar-refractivity contribution in [1.82, 2.24) is 19.3 Å². The summed E-state index contributed by atoms with van der Waals surface area (Å²) in [5, 5.41) is 9.29. The Balaban J connectivity index is 1.80. The summed E-state index contributed by atoms with van der Waals surface area (Å²) in [4.78, 5) is 20.0. The number of benzene rings is 1. The van der Waals surface area contributed by atoms with E-state index in [1.54, 1.807) is 24.5 Å². The second kappa shape index (κ2) is 8.30. The van der Waals surface area contributed by atoms with Gasteiger partial charge in [-0.1, -0.05) is 26.0 Å². The number of carboxylic acid groups (broad SMARTS) is 1. The molecule has 2 aromatic heterocycles. The van der Waals surface area contributed by atoms with Gasteiger partial charge in [0.05, 0.1) is 22.1 Å². The fourth-order valence-electron chi connectivity index (χ4n) is 3.17. The molecule has 29 heavy (non-hydrogen) atoms. The average molecular weight is 417 g/mol. The quantitative estimate of drug-likeness (QED) is 0.583. The predicted molar refractivity (Wildman–Crippen MR) is 109 cm³/mol. The smallest absolute Gasteiger partial charge is 0.321 e. The van der Waals surface area contributed by atoms with Gasteiger partial charge in [-0.15, -0.1) is 0 Å². The molecule has 0 unspecified atom stereocenters. The van der Waals surface area contributed by atoms with Crippen LogP contribution in [0.3, 0.4) is 0 Å². The van der Waals surface area contributed by atoms with Crippen LogP contribution in [-0.2, 0) is 21.4 Å². The number of hydrogen-bond donors (Lipinski definition) is 2. The fraction of sp³-hybridized carbons (Fsp3) is 0.350. The van der Waals surface area contributed by atoms with E-state index in [0.717, 1.165) is 22.4 Å². The van der Waals surface area contributed by atoms with E-state index in [1.807, 2.05) is 31.4 Å². The molecule has 1 aromatic carbocycles. The Labute approximate surface area is 169 Å². The monoisotopic (exact) mass is 416 g/mol. The van der Waals surface area contributed by atoms with Crippen LogP contribution in [0.2, 0.25) is 0 Å². The molecule has 8 nitrogen and oxygen atoms in total. The van der Waals surface area contributed by atoms with Crippen molar-refractivity contribution in [2.24, 2.45) is 5.92 Å². The molecule has 0 amide bonds. The third kappa shape index (κ3) is 4.80. The first kappa shape index (κ1) is 20.9. The van der Waals surface area contributed by atoms with E-state index in [0.29, 0.717) is 6.54 Å². The average Bonchev–Trinajstić information content (AvgIpc) is 2.96. The summed E-state index contributed by atoms with van der Waals surface area (Å²) < 4.78 is 29.5. The number of nitrogens with zero attached hydrogens (tertiary/aromatic N) is 3. The Hall–Kier alpha value is -2.78. The molecule has 0 saturated heterocycles. The molecule has 0 aliphatic heterocycles. The zero-order chi connectivity index (χ0) is 21.2. The van der Waals surface area contributed by atoms with Crippen molar-refractivity contribution in [3.63, 3.8) is 0 Å². The van der Waals surface area contributed by atoms with Gasteiger partial charge < -0.3 is 9.67 Å². The highest BCUT2D eigenvalue weighted by molar-refractivity contribution is 7.89. The summed E-state index contributed by atoms with van der Waals surface area (Å²) in [6.45, 7) is 6.11. The lowest BCUT2D eigenvalue weighted by molar-refractivity contribution is -0.139. The first-order chi connectivity index (χ1) is 13.7. The number of aliphatic carboxylic acids is 1. The Kier molecular flexibility index (Phi) is 5.99. The minimum absolute atomic E-state index is 0.0325. The molecule has 0 aliphatic carbocycles. The number of imidazole rings is 1. The highest BCUT2D eigenvalue weighted by atomic mass is 32.2. The molecular formula is C20H24N4O4S. The van der Waals surface area contributed by atoms with Crippen molar-refractivity contribution < 1.29 is 18.3 Å². The van der Waals surface area contributed by atoms with Crippen molar-refractivity contribution in [2.45, 2.75) is 44.7 Å². The van der Waals surface area contributed by atoms with Crippen molar-refractivity contribution in [1.29, 1.82) is 0 Å². The molecule has 0 radical (unpaired) electrons. The van der Waals surface area contributed by atoms with Gasteiger partial charge in [-0.2, -0.15) is 4.72 Å². The van der Waals surface area contributed by atoms with Crippen molar-refractivity contribution >= 4 is 27.0 Å². The molecule has 1 atom stereocenters. The van der Waals surface area contributed by atoms with Crippen LogP contribution in [0.5, 0.6) is 0 Å². The summed E-state index contributed by atoms with van der Waals surface area (Å²) in [5.74, 6) is -0.303. The molecule has 3 rings (SSSR count).